The van der Waals surface area contributed by atoms with Gasteiger partial charge in [0.25, 0.3) is 11.6 Å². The van der Waals surface area contributed by atoms with Crippen LogP contribution in [0.1, 0.15) is 35.7 Å². The zero-order valence-electron chi connectivity index (χ0n) is 14.9. The van der Waals surface area contributed by atoms with Crippen molar-refractivity contribution in [1.29, 1.82) is 0 Å². The molecule has 3 rings (SSSR count). The second-order valence-corrected chi connectivity index (χ2v) is 6.94. The molecule has 0 spiro atoms. The Labute approximate surface area is 153 Å². The number of benzene rings is 2. The number of rotatable bonds is 5. The SMILES string of the molecule is C[C@H]1CCCN(Cc2ccc(C(=O)Nc3cccc([N+](=O)[O-])c3)cc2)C1. The maximum Gasteiger partial charge on any atom is 0.271 e. The van der Waals surface area contributed by atoms with Crippen molar-refractivity contribution < 1.29 is 9.72 Å². The van der Waals surface area contributed by atoms with Crippen LogP contribution in [0, 0.1) is 16.0 Å². The average molecular weight is 353 g/mol. The van der Waals surface area contributed by atoms with E-state index in [1.54, 1.807) is 24.3 Å². The molecule has 1 saturated heterocycles. The Hall–Kier alpha value is -2.73. The van der Waals surface area contributed by atoms with Crippen LogP contribution in [0.2, 0.25) is 0 Å². The van der Waals surface area contributed by atoms with Crippen molar-refractivity contribution in [3.8, 4) is 0 Å². The van der Waals surface area contributed by atoms with Crippen LogP contribution in [0.5, 0.6) is 0 Å². The number of non-ortho nitro benzene ring substituents is 1. The maximum atomic E-state index is 12.3. The number of hydrogen-bond donors (Lipinski definition) is 1. The molecule has 0 unspecified atom stereocenters. The smallest absolute Gasteiger partial charge is 0.271 e. The van der Waals surface area contributed by atoms with Gasteiger partial charge >= 0.3 is 0 Å². The number of nitro groups is 1. The lowest BCUT2D eigenvalue weighted by atomic mass is 9.99. The molecule has 1 fully saturated rings. The van der Waals surface area contributed by atoms with Gasteiger partial charge in [-0.15, -0.1) is 0 Å². The largest absolute Gasteiger partial charge is 0.322 e. The Kier molecular flexibility index (Phi) is 5.63. The number of amides is 1. The van der Waals surface area contributed by atoms with Crippen LogP contribution in [0.15, 0.2) is 48.5 Å². The minimum absolute atomic E-state index is 0.0473. The molecule has 1 amide bonds. The number of nitro benzene ring substituents is 1. The van der Waals surface area contributed by atoms with Crippen LogP contribution in [0.4, 0.5) is 11.4 Å². The van der Waals surface area contributed by atoms with Gasteiger partial charge in [-0.1, -0.05) is 25.1 Å². The van der Waals surface area contributed by atoms with Crippen molar-refractivity contribution in [1.82, 2.24) is 4.90 Å². The normalized spacial score (nSPS) is 17.7. The van der Waals surface area contributed by atoms with Crippen molar-refractivity contribution in [2.45, 2.75) is 26.3 Å². The molecular weight excluding hydrogens is 330 g/mol. The van der Waals surface area contributed by atoms with E-state index in [0.717, 1.165) is 25.6 Å². The van der Waals surface area contributed by atoms with E-state index >= 15 is 0 Å². The molecule has 6 nitrogen and oxygen atoms in total. The predicted octanol–water partition coefficient (Wildman–Crippen LogP) is 4.08. The predicted molar refractivity (Wildman–Crippen MR) is 101 cm³/mol. The topological polar surface area (TPSA) is 75.5 Å². The fourth-order valence-corrected chi connectivity index (χ4v) is 3.35. The van der Waals surface area contributed by atoms with E-state index in [-0.39, 0.29) is 11.6 Å². The highest BCUT2D eigenvalue weighted by atomic mass is 16.6. The number of carbonyl (C=O) groups excluding carboxylic acids is 1. The molecule has 1 heterocycles. The first-order valence-corrected chi connectivity index (χ1v) is 8.88. The molecule has 136 valence electrons. The molecule has 1 aliphatic rings. The molecule has 6 heteroatoms. The first kappa shape index (κ1) is 18.1. The zero-order chi connectivity index (χ0) is 18.5. The summed E-state index contributed by atoms with van der Waals surface area (Å²) < 4.78 is 0. The van der Waals surface area contributed by atoms with Crippen molar-refractivity contribution >= 4 is 17.3 Å². The lowest BCUT2D eigenvalue weighted by molar-refractivity contribution is -0.384. The highest BCUT2D eigenvalue weighted by Gasteiger charge is 2.16. The van der Waals surface area contributed by atoms with E-state index in [0.29, 0.717) is 11.3 Å². The zero-order valence-corrected chi connectivity index (χ0v) is 14.9. The van der Waals surface area contributed by atoms with Gasteiger partial charge in [0, 0.05) is 36.5 Å². The summed E-state index contributed by atoms with van der Waals surface area (Å²) in [6.07, 6.45) is 2.54. The van der Waals surface area contributed by atoms with Crippen LogP contribution < -0.4 is 5.32 Å². The van der Waals surface area contributed by atoms with E-state index in [4.69, 9.17) is 0 Å². The molecule has 1 atom stereocenters. The van der Waals surface area contributed by atoms with Gasteiger partial charge in [0.1, 0.15) is 0 Å². The summed E-state index contributed by atoms with van der Waals surface area (Å²) in [6.45, 7) is 5.43. The van der Waals surface area contributed by atoms with E-state index < -0.39 is 4.92 Å². The Morgan fingerprint density at radius 2 is 2.04 bits per heavy atom. The van der Waals surface area contributed by atoms with Gasteiger partial charge in [-0.25, -0.2) is 0 Å². The van der Waals surface area contributed by atoms with Gasteiger partial charge in [0.05, 0.1) is 4.92 Å². The number of anilines is 1. The van der Waals surface area contributed by atoms with Crippen molar-refractivity contribution in [3.63, 3.8) is 0 Å². The fourth-order valence-electron chi connectivity index (χ4n) is 3.35. The highest BCUT2D eigenvalue weighted by molar-refractivity contribution is 6.04. The van der Waals surface area contributed by atoms with Crippen LogP contribution in [0.3, 0.4) is 0 Å². The number of nitrogens with zero attached hydrogens (tertiary/aromatic N) is 2. The third-order valence-electron chi connectivity index (χ3n) is 4.68. The summed E-state index contributed by atoms with van der Waals surface area (Å²) in [5.41, 5.74) is 2.09. The quantitative estimate of drug-likeness (QED) is 0.649. The third kappa shape index (κ3) is 4.67. The Balaban J connectivity index is 1.61. The summed E-state index contributed by atoms with van der Waals surface area (Å²) in [4.78, 5) is 25.1. The monoisotopic (exact) mass is 353 g/mol. The lowest BCUT2D eigenvalue weighted by Gasteiger charge is -2.30. The Bertz CT molecular complexity index is 789. The van der Waals surface area contributed by atoms with Crippen LogP contribution >= 0.6 is 0 Å². The Morgan fingerprint density at radius 3 is 2.73 bits per heavy atom. The summed E-state index contributed by atoms with van der Waals surface area (Å²) in [7, 11) is 0. The minimum atomic E-state index is -0.480. The van der Waals surface area contributed by atoms with Crippen LogP contribution in [-0.4, -0.2) is 28.8 Å². The summed E-state index contributed by atoms with van der Waals surface area (Å²) in [6, 6.07) is 13.5. The summed E-state index contributed by atoms with van der Waals surface area (Å²) >= 11 is 0. The van der Waals surface area contributed by atoms with Gasteiger partial charge in [-0.3, -0.25) is 19.8 Å². The highest BCUT2D eigenvalue weighted by Crippen LogP contribution is 2.19. The van der Waals surface area contributed by atoms with Crippen molar-refractivity contribution in [2.75, 3.05) is 18.4 Å². The molecule has 1 aliphatic heterocycles. The maximum absolute atomic E-state index is 12.3. The van der Waals surface area contributed by atoms with Gasteiger partial charge in [0.15, 0.2) is 0 Å². The van der Waals surface area contributed by atoms with E-state index in [9.17, 15) is 14.9 Å². The van der Waals surface area contributed by atoms with Gasteiger partial charge in [0.2, 0.25) is 0 Å². The molecular formula is C20H23N3O3. The second-order valence-electron chi connectivity index (χ2n) is 6.94. The lowest BCUT2D eigenvalue weighted by Crippen LogP contribution is -2.33. The van der Waals surface area contributed by atoms with E-state index in [2.05, 4.69) is 17.1 Å². The van der Waals surface area contributed by atoms with Crippen LogP contribution in [-0.2, 0) is 6.54 Å². The molecule has 0 aliphatic carbocycles. The summed E-state index contributed by atoms with van der Waals surface area (Å²) in [5.74, 6) is 0.465. The van der Waals surface area contributed by atoms with E-state index in [1.807, 2.05) is 12.1 Å². The molecule has 0 aromatic heterocycles. The number of hydrogen-bond acceptors (Lipinski definition) is 4. The van der Waals surface area contributed by atoms with Crippen molar-refractivity contribution in [2.24, 2.45) is 5.92 Å². The molecule has 2 aromatic carbocycles. The average Bonchev–Trinajstić information content (AvgIpc) is 2.62. The van der Waals surface area contributed by atoms with Crippen LogP contribution in [0.25, 0.3) is 0 Å². The molecule has 1 N–H and O–H groups in total. The molecule has 0 saturated carbocycles. The number of nitrogens with one attached hydrogen (secondary N) is 1. The Morgan fingerprint density at radius 1 is 1.27 bits per heavy atom. The van der Waals surface area contributed by atoms with Gasteiger partial charge in [-0.05, 0) is 49.1 Å². The third-order valence-corrected chi connectivity index (χ3v) is 4.68. The fraction of sp³-hybridized carbons (Fsp3) is 0.350. The number of carbonyl (C=O) groups is 1. The first-order valence-electron chi connectivity index (χ1n) is 8.88. The molecule has 26 heavy (non-hydrogen) atoms. The first-order chi connectivity index (χ1) is 12.5. The van der Waals surface area contributed by atoms with E-state index in [1.165, 1.54) is 30.5 Å². The second kappa shape index (κ2) is 8.10. The minimum Gasteiger partial charge on any atom is -0.322 e. The standard InChI is InChI=1S/C20H23N3O3/c1-15-4-3-11-22(13-15)14-16-7-9-17(10-8-16)20(24)21-18-5-2-6-19(12-18)23(25)26/h2,5-10,12,15H,3-4,11,13-14H2,1H3,(H,21,24)/t15-/m0/s1. The van der Waals surface area contributed by atoms with Crippen molar-refractivity contribution in [3.05, 3.63) is 69.8 Å². The van der Waals surface area contributed by atoms with Gasteiger partial charge in [-0.2, -0.15) is 0 Å². The summed E-state index contributed by atoms with van der Waals surface area (Å²) in [5, 5.41) is 13.5. The molecule has 0 radical (unpaired) electrons. The molecule has 0 bridgehead atoms. The van der Waals surface area contributed by atoms with Gasteiger partial charge < -0.3 is 5.32 Å². The number of likely N-dealkylation sites (tertiary alicyclic amines) is 1. The number of piperidine rings is 1. The molecule has 2 aromatic rings.